The highest BCUT2D eigenvalue weighted by atomic mass is 19.1. The van der Waals surface area contributed by atoms with Crippen LogP contribution in [0, 0.1) is 12.7 Å². The van der Waals surface area contributed by atoms with E-state index in [-0.39, 0.29) is 11.9 Å². The molecule has 0 aromatic heterocycles. The number of rotatable bonds is 5. The molecule has 0 amide bonds. The lowest BCUT2D eigenvalue weighted by atomic mass is 10.1. The highest BCUT2D eigenvalue weighted by Crippen LogP contribution is 2.30. The maximum absolute atomic E-state index is 13.1. The van der Waals surface area contributed by atoms with Crippen LogP contribution in [0.15, 0.2) is 36.4 Å². The van der Waals surface area contributed by atoms with E-state index in [1.807, 2.05) is 32.0 Å². The Kier molecular flexibility index (Phi) is 4.81. The summed E-state index contributed by atoms with van der Waals surface area (Å²) in [6.07, 6.45) is 0. The number of hydrogen-bond acceptors (Lipinski definition) is 3. The van der Waals surface area contributed by atoms with Crippen molar-refractivity contribution in [2.24, 2.45) is 5.73 Å². The van der Waals surface area contributed by atoms with Gasteiger partial charge in [-0.1, -0.05) is 12.1 Å². The number of aryl methyl sites for hydroxylation is 1. The molecule has 0 heterocycles. The molecule has 3 nitrogen and oxygen atoms in total. The first kappa shape index (κ1) is 15.3. The van der Waals surface area contributed by atoms with Crippen molar-refractivity contribution in [1.82, 2.24) is 0 Å². The summed E-state index contributed by atoms with van der Waals surface area (Å²) in [7, 11) is 1.59. The van der Waals surface area contributed by atoms with E-state index in [1.54, 1.807) is 13.2 Å². The summed E-state index contributed by atoms with van der Waals surface area (Å²) in [6.45, 7) is 4.13. The van der Waals surface area contributed by atoms with Crippen molar-refractivity contribution in [3.63, 3.8) is 0 Å². The molecule has 0 aliphatic rings. The van der Waals surface area contributed by atoms with Crippen molar-refractivity contribution in [1.29, 1.82) is 0 Å². The van der Waals surface area contributed by atoms with E-state index >= 15 is 0 Å². The van der Waals surface area contributed by atoms with E-state index in [2.05, 4.69) is 0 Å². The third kappa shape index (κ3) is 3.73. The van der Waals surface area contributed by atoms with Gasteiger partial charge in [0.25, 0.3) is 0 Å². The normalized spacial score (nSPS) is 12.0. The van der Waals surface area contributed by atoms with Gasteiger partial charge in [-0.2, -0.15) is 0 Å². The van der Waals surface area contributed by atoms with Crippen molar-refractivity contribution in [2.75, 3.05) is 7.11 Å². The Labute approximate surface area is 124 Å². The highest BCUT2D eigenvalue weighted by Gasteiger charge is 2.09. The maximum Gasteiger partial charge on any atom is 0.161 e. The lowest BCUT2D eigenvalue weighted by Gasteiger charge is -2.14. The lowest BCUT2D eigenvalue weighted by Crippen LogP contribution is -2.06. The number of hydrogen-bond donors (Lipinski definition) is 1. The molecule has 0 fully saturated rings. The van der Waals surface area contributed by atoms with E-state index in [0.29, 0.717) is 18.1 Å². The number of nitrogens with two attached hydrogens (primary N) is 1. The van der Waals surface area contributed by atoms with Gasteiger partial charge in [0, 0.05) is 6.04 Å². The van der Waals surface area contributed by atoms with Gasteiger partial charge in [-0.3, -0.25) is 0 Å². The van der Waals surface area contributed by atoms with Gasteiger partial charge in [0.15, 0.2) is 11.5 Å². The van der Waals surface area contributed by atoms with Crippen LogP contribution in [0.1, 0.15) is 29.7 Å². The third-order valence-electron chi connectivity index (χ3n) is 3.40. The fourth-order valence-corrected chi connectivity index (χ4v) is 2.06. The van der Waals surface area contributed by atoms with E-state index in [9.17, 15) is 4.39 Å². The predicted octanol–water partition coefficient (Wildman–Crippen LogP) is 3.74. The van der Waals surface area contributed by atoms with Crippen LogP contribution in [0.2, 0.25) is 0 Å². The molecular formula is C17H20FNO2. The molecule has 0 unspecified atom stereocenters. The SMILES string of the molecule is COc1cc([C@H](C)N)ccc1OCc1ccc(F)cc1C. The first-order valence-electron chi connectivity index (χ1n) is 6.82. The van der Waals surface area contributed by atoms with E-state index in [4.69, 9.17) is 15.2 Å². The maximum atomic E-state index is 13.1. The molecular weight excluding hydrogens is 269 g/mol. The van der Waals surface area contributed by atoms with Gasteiger partial charge in [0.1, 0.15) is 12.4 Å². The molecule has 112 valence electrons. The fraction of sp³-hybridized carbons (Fsp3) is 0.294. The Hall–Kier alpha value is -2.07. The second-order valence-corrected chi connectivity index (χ2v) is 5.06. The molecule has 0 aliphatic heterocycles. The van der Waals surface area contributed by atoms with Crippen molar-refractivity contribution in [2.45, 2.75) is 26.5 Å². The average Bonchev–Trinajstić information content (AvgIpc) is 2.46. The van der Waals surface area contributed by atoms with Crippen LogP contribution >= 0.6 is 0 Å². The number of halogens is 1. The zero-order chi connectivity index (χ0) is 15.4. The smallest absolute Gasteiger partial charge is 0.161 e. The second kappa shape index (κ2) is 6.59. The summed E-state index contributed by atoms with van der Waals surface area (Å²) in [4.78, 5) is 0. The van der Waals surface area contributed by atoms with Gasteiger partial charge in [-0.05, 0) is 54.8 Å². The Balaban J connectivity index is 2.16. The van der Waals surface area contributed by atoms with Crippen molar-refractivity contribution in [3.8, 4) is 11.5 Å². The van der Waals surface area contributed by atoms with Crippen LogP contribution < -0.4 is 15.2 Å². The topological polar surface area (TPSA) is 44.5 Å². The molecule has 2 rings (SSSR count). The van der Waals surface area contributed by atoms with Gasteiger partial charge in [0.2, 0.25) is 0 Å². The summed E-state index contributed by atoms with van der Waals surface area (Å²) in [6, 6.07) is 10.2. The summed E-state index contributed by atoms with van der Waals surface area (Å²) in [5.74, 6) is 1.05. The van der Waals surface area contributed by atoms with E-state index < -0.39 is 0 Å². The molecule has 0 saturated heterocycles. The predicted molar refractivity (Wildman–Crippen MR) is 81.1 cm³/mol. The molecule has 0 radical (unpaired) electrons. The van der Waals surface area contributed by atoms with Crippen LogP contribution in [0.25, 0.3) is 0 Å². The Morgan fingerprint density at radius 1 is 1.14 bits per heavy atom. The average molecular weight is 289 g/mol. The van der Waals surface area contributed by atoms with Crippen molar-refractivity contribution in [3.05, 3.63) is 58.9 Å². The first-order valence-corrected chi connectivity index (χ1v) is 6.82. The molecule has 2 aromatic carbocycles. The Morgan fingerprint density at radius 2 is 1.90 bits per heavy atom. The van der Waals surface area contributed by atoms with Crippen LogP contribution in [-0.2, 0) is 6.61 Å². The third-order valence-corrected chi connectivity index (χ3v) is 3.40. The summed E-state index contributed by atoms with van der Waals surface area (Å²) < 4.78 is 24.2. The van der Waals surface area contributed by atoms with Crippen LogP contribution in [0.3, 0.4) is 0 Å². The second-order valence-electron chi connectivity index (χ2n) is 5.06. The van der Waals surface area contributed by atoms with Gasteiger partial charge < -0.3 is 15.2 Å². The van der Waals surface area contributed by atoms with E-state index in [1.165, 1.54) is 12.1 Å². The molecule has 0 aliphatic carbocycles. The number of benzene rings is 2. The molecule has 2 aromatic rings. The van der Waals surface area contributed by atoms with Crippen LogP contribution in [0.4, 0.5) is 4.39 Å². The fourth-order valence-electron chi connectivity index (χ4n) is 2.06. The molecule has 0 spiro atoms. The molecule has 21 heavy (non-hydrogen) atoms. The molecule has 0 bridgehead atoms. The molecule has 0 saturated carbocycles. The zero-order valence-corrected chi connectivity index (χ0v) is 12.5. The van der Waals surface area contributed by atoms with Crippen molar-refractivity contribution < 1.29 is 13.9 Å². The molecule has 2 N–H and O–H groups in total. The zero-order valence-electron chi connectivity index (χ0n) is 12.5. The Bertz CT molecular complexity index is 626. The van der Waals surface area contributed by atoms with Gasteiger partial charge in [0.05, 0.1) is 7.11 Å². The van der Waals surface area contributed by atoms with Crippen LogP contribution in [-0.4, -0.2) is 7.11 Å². The van der Waals surface area contributed by atoms with Gasteiger partial charge >= 0.3 is 0 Å². The van der Waals surface area contributed by atoms with Gasteiger partial charge in [-0.25, -0.2) is 4.39 Å². The first-order chi connectivity index (χ1) is 10.0. The monoisotopic (exact) mass is 289 g/mol. The minimum absolute atomic E-state index is 0.0627. The lowest BCUT2D eigenvalue weighted by molar-refractivity contribution is 0.283. The molecule has 4 heteroatoms. The number of ether oxygens (including phenoxy) is 2. The standard InChI is InChI=1S/C17H20FNO2/c1-11-8-15(18)6-4-14(11)10-21-16-7-5-13(12(2)19)9-17(16)20-3/h4-9,12H,10,19H2,1-3H3/t12-/m0/s1. The molecule has 1 atom stereocenters. The summed E-state index contributed by atoms with van der Waals surface area (Å²) >= 11 is 0. The van der Waals surface area contributed by atoms with Gasteiger partial charge in [-0.15, -0.1) is 0 Å². The summed E-state index contributed by atoms with van der Waals surface area (Å²) in [5.41, 5.74) is 8.64. The minimum Gasteiger partial charge on any atom is -0.493 e. The largest absolute Gasteiger partial charge is 0.493 e. The highest BCUT2D eigenvalue weighted by molar-refractivity contribution is 5.44. The Morgan fingerprint density at radius 3 is 2.52 bits per heavy atom. The quantitative estimate of drug-likeness (QED) is 0.912. The number of methoxy groups -OCH3 is 1. The van der Waals surface area contributed by atoms with Crippen LogP contribution in [0.5, 0.6) is 11.5 Å². The summed E-state index contributed by atoms with van der Waals surface area (Å²) in [5, 5.41) is 0. The van der Waals surface area contributed by atoms with Crippen molar-refractivity contribution >= 4 is 0 Å². The van der Waals surface area contributed by atoms with E-state index in [0.717, 1.165) is 16.7 Å². The minimum atomic E-state index is -0.241.